The third kappa shape index (κ3) is 7.32. The second-order valence-electron chi connectivity index (χ2n) is 5.87. The highest BCUT2D eigenvalue weighted by Crippen LogP contribution is 2.18. The third-order valence-electron chi connectivity index (χ3n) is 3.89. The summed E-state index contributed by atoms with van der Waals surface area (Å²) >= 11 is 0. The van der Waals surface area contributed by atoms with Crippen LogP contribution in [0.1, 0.15) is 32.3 Å². The van der Waals surface area contributed by atoms with E-state index >= 15 is 0 Å². The first-order chi connectivity index (χ1) is 12.3. The van der Waals surface area contributed by atoms with Crippen LogP contribution in [0.5, 0.6) is 5.75 Å². The molecule has 1 saturated heterocycles. The van der Waals surface area contributed by atoms with Gasteiger partial charge in [-0.25, -0.2) is 4.99 Å². The van der Waals surface area contributed by atoms with Crippen LogP contribution in [-0.4, -0.2) is 51.6 Å². The number of nitrogens with zero attached hydrogens (tertiary/aromatic N) is 1. The molecule has 0 radical (unpaired) electrons. The first-order valence-electron chi connectivity index (χ1n) is 9.25. The number of hydrogen-bond acceptors (Lipinski definition) is 4. The van der Waals surface area contributed by atoms with E-state index in [0.29, 0.717) is 32.9 Å². The van der Waals surface area contributed by atoms with Gasteiger partial charge in [0.05, 0.1) is 32.5 Å². The smallest absolute Gasteiger partial charge is 0.191 e. The number of benzene rings is 1. The van der Waals surface area contributed by atoms with Gasteiger partial charge < -0.3 is 24.8 Å². The van der Waals surface area contributed by atoms with Crippen molar-refractivity contribution in [3.05, 3.63) is 29.8 Å². The maximum atomic E-state index is 5.67. The van der Waals surface area contributed by atoms with E-state index in [2.05, 4.69) is 22.5 Å². The molecule has 0 aromatic heterocycles. The normalized spacial score (nSPS) is 17.5. The Morgan fingerprint density at radius 2 is 2.16 bits per heavy atom. The number of para-hydroxylation sites is 1. The van der Waals surface area contributed by atoms with E-state index in [1.165, 1.54) is 0 Å². The van der Waals surface area contributed by atoms with Crippen LogP contribution in [-0.2, 0) is 16.0 Å². The Hall–Kier alpha value is -1.79. The largest absolute Gasteiger partial charge is 0.494 e. The highest BCUT2D eigenvalue weighted by molar-refractivity contribution is 5.79. The lowest BCUT2D eigenvalue weighted by Crippen LogP contribution is -2.39. The van der Waals surface area contributed by atoms with E-state index in [4.69, 9.17) is 14.2 Å². The lowest BCUT2D eigenvalue weighted by molar-refractivity contribution is 0.0191. The molecule has 1 fully saturated rings. The fourth-order valence-electron chi connectivity index (χ4n) is 2.67. The predicted octanol–water partition coefficient (Wildman–Crippen LogP) is 2.34. The van der Waals surface area contributed by atoms with Gasteiger partial charge in [-0.1, -0.05) is 18.2 Å². The third-order valence-corrected chi connectivity index (χ3v) is 3.89. The first-order valence-corrected chi connectivity index (χ1v) is 9.25. The SMILES string of the molecule is CCNC(=NCc1ccccc1OCC)NCCOCC1CCCO1. The number of hydrogen-bond donors (Lipinski definition) is 2. The molecule has 6 heteroatoms. The van der Waals surface area contributed by atoms with Gasteiger partial charge in [-0.15, -0.1) is 0 Å². The summed E-state index contributed by atoms with van der Waals surface area (Å²) in [6.07, 6.45) is 2.53. The Labute approximate surface area is 151 Å². The highest BCUT2D eigenvalue weighted by Gasteiger charge is 2.14. The molecule has 1 heterocycles. The Kier molecular flexibility index (Phi) is 9.15. The molecule has 0 saturated carbocycles. The van der Waals surface area contributed by atoms with Crippen molar-refractivity contribution in [1.82, 2.24) is 10.6 Å². The number of guanidine groups is 1. The van der Waals surface area contributed by atoms with Crippen LogP contribution in [0.15, 0.2) is 29.3 Å². The fraction of sp³-hybridized carbons (Fsp3) is 0.632. The summed E-state index contributed by atoms with van der Waals surface area (Å²) in [5.41, 5.74) is 1.08. The van der Waals surface area contributed by atoms with Crippen LogP contribution in [0.4, 0.5) is 0 Å². The van der Waals surface area contributed by atoms with Crippen molar-refractivity contribution >= 4 is 5.96 Å². The zero-order chi connectivity index (χ0) is 17.7. The summed E-state index contributed by atoms with van der Waals surface area (Å²) in [5.74, 6) is 1.68. The van der Waals surface area contributed by atoms with Gasteiger partial charge in [-0.05, 0) is 32.8 Å². The van der Waals surface area contributed by atoms with Crippen LogP contribution in [0.25, 0.3) is 0 Å². The molecule has 1 atom stereocenters. The zero-order valence-corrected chi connectivity index (χ0v) is 15.4. The first kappa shape index (κ1) is 19.5. The van der Waals surface area contributed by atoms with Crippen molar-refractivity contribution in [2.75, 3.05) is 39.5 Å². The molecule has 1 aliphatic heterocycles. The molecule has 25 heavy (non-hydrogen) atoms. The van der Waals surface area contributed by atoms with E-state index in [9.17, 15) is 0 Å². The second kappa shape index (κ2) is 11.7. The molecule has 1 aliphatic rings. The summed E-state index contributed by atoms with van der Waals surface area (Å²) in [6.45, 7) is 8.98. The molecule has 0 amide bonds. The fourth-order valence-corrected chi connectivity index (χ4v) is 2.67. The number of nitrogens with one attached hydrogen (secondary N) is 2. The van der Waals surface area contributed by atoms with E-state index < -0.39 is 0 Å². The van der Waals surface area contributed by atoms with Crippen molar-refractivity contribution in [2.45, 2.75) is 39.3 Å². The molecular formula is C19H31N3O3. The number of aliphatic imine (C=N–C) groups is 1. The molecular weight excluding hydrogens is 318 g/mol. The van der Waals surface area contributed by atoms with Gasteiger partial charge in [0.2, 0.25) is 0 Å². The molecule has 1 aromatic rings. The van der Waals surface area contributed by atoms with Gasteiger partial charge in [-0.2, -0.15) is 0 Å². The monoisotopic (exact) mass is 349 g/mol. The minimum absolute atomic E-state index is 0.275. The minimum Gasteiger partial charge on any atom is -0.494 e. The minimum atomic E-state index is 0.275. The average molecular weight is 349 g/mol. The van der Waals surface area contributed by atoms with Crippen LogP contribution in [0, 0.1) is 0 Å². The lowest BCUT2D eigenvalue weighted by Gasteiger charge is -2.14. The Morgan fingerprint density at radius 1 is 1.28 bits per heavy atom. The summed E-state index contributed by atoms with van der Waals surface area (Å²) in [7, 11) is 0. The Morgan fingerprint density at radius 3 is 2.92 bits per heavy atom. The van der Waals surface area contributed by atoms with Crippen LogP contribution in [0.2, 0.25) is 0 Å². The van der Waals surface area contributed by atoms with Crippen molar-refractivity contribution in [1.29, 1.82) is 0 Å². The van der Waals surface area contributed by atoms with Crippen LogP contribution >= 0.6 is 0 Å². The standard InChI is InChI=1S/C19H31N3O3/c1-3-20-19(21-11-13-23-15-17-9-7-12-25-17)22-14-16-8-5-6-10-18(16)24-4-2/h5-6,8,10,17H,3-4,7,9,11-15H2,1-2H3,(H2,20,21,22). The average Bonchev–Trinajstić information content (AvgIpc) is 3.14. The van der Waals surface area contributed by atoms with E-state index in [-0.39, 0.29) is 6.10 Å². The summed E-state index contributed by atoms with van der Waals surface area (Å²) < 4.78 is 16.9. The van der Waals surface area contributed by atoms with E-state index in [0.717, 1.165) is 43.3 Å². The lowest BCUT2D eigenvalue weighted by atomic mass is 10.2. The summed E-state index contributed by atoms with van der Waals surface area (Å²) in [6, 6.07) is 8.01. The molecule has 140 valence electrons. The quantitative estimate of drug-likeness (QED) is 0.386. The van der Waals surface area contributed by atoms with Crippen molar-refractivity contribution < 1.29 is 14.2 Å². The Balaban J connectivity index is 1.75. The van der Waals surface area contributed by atoms with Crippen molar-refractivity contribution in [2.24, 2.45) is 4.99 Å². The van der Waals surface area contributed by atoms with Gasteiger partial charge >= 0.3 is 0 Å². The number of ether oxygens (including phenoxy) is 3. The van der Waals surface area contributed by atoms with Gasteiger partial charge in [-0.3, -0.25) is 0 Å². The van der Waals surface area contributed by atoms with Gasteiger partial charge in [0.15, 0.2) is 5.96 Å². The predicted molar refractivity (Wildman–Crippen MR) is 100 cm³/mol. The number of rotatable bonds is 10. The molecule has 0 aliphatic carbocycles. The molecule has 2 N–H and O–H groups in total. The van der Waals surface area contributed by atoms with Crippen LogP contribution < -0.4 is 15.4 Å². The van der Waals surface area contributed by atoms with Crippen molar-refractivity contribution in [3.63, 3.8) is 0 Å². The zero-order valence-electron chi connectivity index (χ0n) is 15.4. The maximum Gasteiger partial charge on any atom is 0.191 e. The topological polar surface area (TPSA) is 64.1 Å². The summed E-state index contributed by atoms with van der Waals surface area (Å²) in [4.78, 5) is 4.64. The van der Waals surface area contributed by atoms with Gasteiger partial charge in [0.25, 0.3) is 0 Å². The summed E-state index contributed by atoms with van der Waals surface area (Å²) in [5, 5.41) is 6.55. The Bertz CT molecular complexity index is 516. The molecule has 6 nitrogen and oxygen atoms in total. The molecule has 0 bridgehead atoms. The van der Waals surface area contributed by atoms with E-state index in [1.807, 2.05) is 31.2 Å². The highest BCUT2D eigenvalue weighted by atomic mass is 16.5. The van der Waals surface area contributed by atoms with Gasteiger partial charge in [0.1, 0.15) is 5.75 Å². The van der Waals surface area contributed by atoms with Crippen molar-refractivity contribution in [3.8, 4) is 5.75 Å². The van der Waals surface area contributed by atoms with E-state index in [1.54, 1.807) is 0 Å². The molecule has 0 spiro atoms. The maximum absolute atomic E-state index is 5.67. The molecule has 1 aromatic carbocycles. The van der Waals surface area contributed by atoms with Crippen LogP contribution in [0.3, 0.4) is 0 Å². The van der Waals surface area contributed by atoms with Gasteiger partial charge in [0, 0.05) is 25.3 Å². The second-order valence-corrected chi connectivity index (χ2v) is 5.87. The molecule has 2 rings (SSSR count). The molecule has 1 unspecified atom stereocenters.